The molecule has 0 aliphatic carbocycles. The number of carboxylic acid groups (broad SMARTS) is 1. The van der Waals surface area contributed by atoms with Gasteiger partial charge in [0, 0.05) is 22.5 Å². The topological polar surface area (TPSA) is 123 Å². The fourth-order valence-corrected chi connectivity index (χ4v) is 4.01. The van der Waals surface area contributed by atoms with E-state index in [9.17, 15) is 18.3 Å². The van der Waals surface area contributed by atoms with Gasteiger partial charge in [-0.05, 0) is 36.2 Å². The van der Waals surface area contributed by atoms with Crippen molar-refractivity contribution in [2.45, 2.75) is 24.8 Å². The first-order valence-electron chi connectivity index (χ1n) is 7.66. The van der Waals surface area contributed by atoms with Crippen molar-refractivity contribution in [1.29, 1.82) is 0 Å². The first-order valence-corrected chi connectivity index (χ1v) is 9.14. The van der Waals surface area contributed by atoms with Gasteiger partial charge in [-0.15, -0.1) is 0 Å². The summed E-state index contributed by atoms with van der Waals surface area (Å²) in [6, 6.07) is 8.33. The van der Waals surface area contributed by atoms with Gasteiger partial charge in [-0.1, -0.05) is 13.8 Å². The molecule has 1 atom stereocenters. The van der Waals surface area contributed by atoms with Crippen LogP contribution in [0.15, 0.2) is 45.7 Å². The minimum Gasteiger partial charge on any atom is -0.480 e. The van der Waals surface area contributed by atoms with E-state index in [0.717, 1.165) is 5.39 Å². The molecule has 2 aromatic carbocycles. The molecule has 7 nitrogen and oxygen atoms in total. The van der Waals surface area contributed by atoms with Crippen LogP contribution in [0.3, 0.4) is 0 Å². The SMILES string of the molecule is CC(C)[C@@H](NS(=O)(=O)c1ccc2oc3cc(N)ccc3c2c1)C(=O)O. The second-order valence-electron chi connectivity index (χ2n) is 6.20. The van der Waals surface area contributed by atoms with E-state index in [4.69, 9.17) is 10.2 Å². The van der Waals surface area contributed by atoms with Crippen LogP contribution in [0, 0.1) is 5.92 Å². The molecule has 1 heterocycles. The summed E-state index contributed by atoms with van der Waals surface area (Å²) in [5, 5.41) is 10.6. The summed E-state index contributed by atoms with van der Waals surface area (Å²) in [4.78, 5) is 11.3. The highest BCUT2D eigenvalue weighted by molar-refractivity contribution is 7.89. The Morgan fingerprint density at radius 3 is 2.48 bits per heavy atom. The highest BCUT2D eigenvalue weighted by Crippen LogP contribution is 2.31. The zero-order chi connectivity index (χ0) is 18.4. The van der Waals surface area contributed by atoms with Crippen molar-refractivity contribution in [2.24, 2.45) is 5.92 Å². The monoisotopic (exact) mass is 362 g/mol. The van der Waals surface area contributed by atoms with Crippen molar-refractivity contribution in [3.05, 3.63) is 36.4 Å². The van der Waals surface area contributed by atoms with Crippen molar-refractivity contribution < 1.29 is 22.7 Å². The lowest BCUT2D eigenvalue weighted by Gasteiger charge is -2.17. The number of fused-ring (bicyclic) bond motifs is 3. The van der Waals surface area contributed by atoms with Gasteiger partial charge in [-0.2, -0.15) is 4.72 Å². The van der Waals surface area contributed by atoms with E-state index >= 15 is 0 Å². The Morgan fingerprint density at radius 2 is 1.84 bits per heavy atom. The normalized spacial score (nSPS) is 13.6. The third kappa shape index (κ3) is 3.18. The standard InChI is InChI=1S/C17H18N2O5S/c1-9(2)16(17(20)21)19-25(22,23)11-4-6-14-13(8-11)12-5-3-10(18)7-15(12)24-14/h3-9,16,19H,18H2,1-2H3,(H,20,21)/t16-/m1/s1. The predicted molar refractivity (Wildman–Crippen MR) is 94.7 cm³/mol. The van der Waals surface area contributed by atoms with Crippen molar-refractivity contribution in [1.82, 2.24) is 4.72 Å². The molecule has 0 spiro atoms. The summed E-state index contributed by atoms with van der Waals surface area (Å²) < 4.78 is 33.1. The van der Waals surface area contributed by atoms with Crippen LogP contribution in [0.25, 0.3) is 21.9 Å². The van der Waals surface area contributed by atoms with Crippen LogP contribution in [0.5, 0.6) is 0 Å². The number of benzene rings is 2. The highest BCUT2D eigenvalue weighted by atomic mass is 32.2. The van der Waals surface area contributed by atoms with Gasteiger partial charge in [-0.3, -0.25) is 4.79 Å². The molecule has 132 valence electrons. The van der Waals surface area contributed by atoms with Gasteiger partial charge in [0.05, 0.1) is 4.90 Å². The average Bonchev–Trinajstić information content (AvgIpc) is 2.88. The van der Waals surface area contributed by atoms with Crippen LogP contribution in [-0.4, -0.2) is 25.5 Å². The average molecular weight is 362 g/mol. The molecule has 0 unspecified atom stereocenters. The first kappa shape index (κ1) is 17.2. The molecule has 0 amide bonds. The molecule has 4 N–H and O–H groups in total. The number of nitrogen functional groups attached to an aromatic ring is 1. The molecule has 0 aliphatic heterocycles. The zero-order valence-corrected chi connectivity index (χ0v) is 14.5. The van der Waals surface area contributed by atoms with Crippen LogP contribution in [0.4, 0.5) is 5.69 Å². The Kier molecular flexibility index (Phi) is 4.18. The number of carbonyl (C=O) groups is 1. The number of nitrogens with one attached hydrogen (secondary N) is 1. The second-order valence-corrected chi connectivity index (χ2v) is 7.91. The van der Waals surface area contributed by atoms with E-state index in [-0.39, 0.29) is 4.90 Å². The molecule has 0 saturated heterocycles. The molecule has 0 aliphatic rings. The molecule has 3 rings (SSSR count). The molecule has 25 heavy (non-hydrogen) atoms. The molecule has 1 aromatic heterocycles. The number of carboxylic acids is 1. The lowest BCUT2D eigenvalue weighted by atomic mass is 10.1. The van der Waals surface area contributed by atoms with Crippen LogP contribution in [0.1, 0.15) is 13.8 Å². The number of sulfonamides is 1. The van der Waals surface area contributed by atoms with E-state index < -0.39 is 28.0 Å². The summed E-state index contributed by atoms with van der Waals surface area (Å²) in [5.41, 5.74) is 7.36. The van der Waals surface area contributed by atoms with Crippen molar-refractivity contribution >= 4 is 43.6 Å². The minimum absolute atomic E-state index is 0.0218. The number of furan rings is 1. The Bertz CT molecular complexity index is 1070. The number of hydrogen-bond donors (Lipinski definition) is 3. The van der Waals surface area contributed by atoms with Crippen molar-refractivity contribution in [3.63, 3.8) is 0 Å². The smallest absolute Gasteiger partial charge is 0.322 e. The maximum Gasteiger partial charge on any atom is 0.322 e. The number of nitrogens with two attached hydrogens (primary N) is 1. The van der Waals surface area contributed by atoms with E-state index in [0.29, 0.717) is 22.2 Å². The van der Waals surface area contributed by atoms with Crippen LogP contribution >= 0.6 is 0 Å². The summed E-state index contributed by atoms with van der Waals surface area (Å²) in [6.45, 7) is 3.27. The minimum atomic E-state index is -3.99. The molecule has 3 aromatic rings. The summed E-state index contributed by atoms with van der Waals surface area (Å²) in [5.74, 6) is -1.61. The van der Waals surface area contributed by atoms with E-state index in [2.05, 4.69) is 4.72 Å². The Labute approximate surface area is 144 Å². The Morgan fingerprint density at radius 1 is 1.12 bits per heavy atom. The van der Waals surface area contributed by atoms with Crippen molar-refractivity contribution in [2.75, 3.05) is 5.73 Å². The predicted octanol–water partition coefficient (Wildman–Crippen LogP) is 2.56. The van der Waals surface area contributed by atoms with Gasteiger partial charge in [0.1, 0.15) is 17.2 Å². The Hall–Kier alpha value is -2.58. The summed E-state index contributed by atoms with van der Waals surface area (Å²) >= 11 is 0. The number of aliphatic carboxylic acids is 1. The molecule has 0 bridgehead atoms. The third-order valence-corrected chi connectivity index (χ3v) is 5.43. The van der Waals surface area contributed by atoms with Crippen LogP contribution in [-0.2, 0) is 14.8 Å². The highest BCUT2D eigenvalue weighted by Gasteiger charge is 2.28. The second kappa shape index (κ2) is 6.05. The van der Waals surface area contributed by atoms with Gasteiger partial charge in [0.2, 0.25) is 10.0 Å². The largest absolute Gasteiger partial charge is 0.480 e. The molecule has 8 heteroatoms. The van der Waals surface area contributed by atoms with E-state index in [1.165, 1.54) is 12.1 Å². The van der Waals surface area contributed by atoms with Gasteiger partial charge in [0.25, 0.3) is 0 Å². The van der Waals surface area contributed by atoms with E-state index in [1.54, 1.807) is 38.1 Å². The molecule has 0 radical (unpaired) electrons. The van der Waals surface area contributed by atoms with Gasteiger partial charge in [0.15, 0.2) is 0 Å². The number of anilines is 1. The fourth-order valence-electron chi connectivity index (χ4n) is 2.65. The molecular weight excluding hydrogens is 344 g/mol. The van der Waals surface area contributed by atoms with Gasteiger partial charge < -0.3 is 15.3 Å². The van der Waals surface area contributed by atoms with Gasteiger partial charge >= 0.3 is 5.97 Å². The van der Waals surface area contributed by atoms with Crippen LogP contribution < -0.4 is 10.5 Å². The zero-order valence-electron chi connectivity index (χ0n) is 13.7. The molecule has 0 saturated carbocycles. The number of rotatable bonds is 5. The lowest BCUT2D eigenvalue weighted by Crippen LogP contribution is -2.44. The van der Waals surface area contributed by atoms with Crippen LogP contribution in [0.2, 0.25) is 0 Å². The Balaban J connectivity index is 2.08. The number of hydrogen-bond acceptors (Lipinski definition) is 5. The first-order chi connectivity index (χ1) is 11.7. The fraction of sp³-hybridized carbons (Fsp3) is 0.235. The quantitative estimate of drug-likeness (QED) is 0.600. The molecular formula is C17H18N2O5S. The maximum absolute atomic E-state index is 12.6. The maximum atomic E-state index is 12.6. The lowest BCUT2D eigenvalue weighted by molar-refractivity contribution is -0.140. The summed E-state index contributed by atoms with van der Waals surface area (Å²) in [6.07, 6.45) is 0. The molecule has 0 fully saturated rings. The third-order valence-electron chi connectivity index (χ3n) is 3.99. The summed E-state index contributed by atoms with van der Waals surface area (Å²) in [7, 11) is -3.99. The van der Waals surface area contributed by atoms with Gasteiger partial charge in [-0.25, -0.2) is 8.42 Å². The van der Waals surface area contributed by atoms with Crippen molar-refractivity contribution in [3.8, 4) is 0 Å². The van der Waals surface area contributed by atoms with E-state index in [1.807, 2.05) is 0 Å².